The minimum absolute atomic E-state index is 0.335. The lowest BCUT2D eigenvalue weighted by Gasteiger charge is -2.25. The van der Waals surface area contributed by atoms with E-state index in [1.54, 1.807) is 0 Å². The van der Waals surface area contributed by atoms with E-state index < -0.39 is 46.1 Å². The minimum atomic E-state index is -1.71. The molecule has 0 unspecified atom stereocenters. The van der Waals surface area contributed by atoms with Gasteiger partial charge in [-0.05, 0) is 6.92 Å². The summed E-state index contributed by atoms with van der Waals surface area (Å²) >= 11 is 0. The molecule has 1 aliphatic heterocycles. The molecule has 1 aliphatic rings. The molecule has 128 valence electrons. The fourth-order valence-corrected chi connectivity index (χ4v) is 2.33. The van der Waals surface area contributed by atoms with Crippen LogP contribution in [0.4, 0.5) is 13.2 Å². The Hall–Kier alpha value is -2.62. The lowest BCUT2D eigenvalue weighted by Crippen LogP contribution is -2.41. The Morgan fingerprint density at radius 2 is 1.83 bits per heavy atom. The molecule has 0 aliphatic carbocycles. The first kappa shape index (κ1) is 16.2. The number of carbonyl (C=O) groups is 1. The van der Waals surface area contributed by atoms with Crippen molar-refractivity contribution < 1.29 is 32.3 Å². The zero-order chi connectivity index (χ0) is 17.4. The molecule has 24 heavy (non-hydrogen) atoms. The van der Waals surface area contributed by atoms with Gasteiger partial charge in [0.2, 0.25) is 5.82 Å². The van der Waals surface area contributed by atoms with Crippen molar-refractivity contribution in [1.29, 1.82) is 0 Å². The number of ether oxygens (including phenoxy) is 1. The topological polar surface area (TPSA) is 88.7 Å². The van der Waals surface area contributed by atoms with Crippen molar-refractivity contribution in [2.75, 3.05) is 26.3 Å². The number of rotatable bonds is 2. The molecule has 2 heterocycles. The largest absolute Gasteiger partial charge is 0.503 e. The average Bonchev–Trinajstić information content (AvgIpc) is 3.08. The Bertz CT molecular complexity index is 774. The number of aromatic hydroxyl groups is 1. The number of morpholine rings is 1. The fraction of sp³-hybridized carbons (Fsp3) is 0.357. The molecular weight excluding hydrogens is 331 g/mol. The molecule has 2 aromatic rings. The normalized spacial score (nSPS) is 14.9. The van der Waals surface area contributed by atoms with Crippen LogP contribution >= 0.6 is 0 Å². The summed E-state index contributed by atoms with van der Waals surface area (Å²) in [7, 11) is 0. The molecule has 0 atom stereocenters. The zero-order valence-electron chi connectivity index (χ0n) is 12.5. The Morgan fingerprint density at radius 3 is 2.50 bits per heavy atom. The summed E-state index contributed by atoms with van der Waals surface area (Å²) in [5.41, 5.74) is -1.06. The second-order valence-corrected chi connectivity index (χ2v) is 5.12. The lowest BCUT2D eigenvalue weighted by molar-refractivity contribution is 0.0293. The van der Waals surface area contributed by atoms with E-state index in [0.717, 1.165) is 6.92 Å². The first-order valence-corrected chi connectivity index (χ1v) is 6.99. The molecule has 10 heteroatoms. The third kappa shape index (κ3) is 2.58. The van der Waals surface area contributed by atoms with Crippen molar-refractivity contribution in [3.8, 4) is 17.2 Å². The van der Waals surface area contributed by atoms with Gasteiger partial charge in [-0.25, -0.2) is 8.78 Å². The van der Waals surface area contributed by atoms with E-state index in [2.05, 4.69) is 10.1 Å². The van der Waals surface area contributed by atoms with Gasteiger partial charge < -0.3 is 19.3 Å². The number of halogens is 3. The first-order chi connectivity index (χ1) is 11.4. The maximum Gasteiger partial charge on any atom is 0.295 e. The van der Waals surface area contributed by atoms with Crippen LogP contribution in [0, 0.1) is 24.4 Å². The molecule has 3 rings (SSSR count). The van der Waals surface area contributed by atoms with Crippen LogP contribution in [0.15, 0.2) is 4.52 Å². The van der Waals surface area contributed by atoms with Crippen molar-refractivity contribution in [2.45, 2.75) is 6.92 Å². The predicted octanol–water partition coefficient (Wildman–Crippen LogP) is 1.64. The molecule has 0 spiro atoms. The lowest BCUT2D eigenvalue weighted by atomic mass is 10.1. The number of phenolic OH excluding ortho intramolecular Hbond substituents is 1. The van der Waals surface area contributed by atoms with Crippen LogP contribution in [0.2, 0.25) is 0 Å². The van der Waals surface area contributed by atoms with E-state index in [1.807, 2.05) is 0 Å². The highest BCUT2D eigenvalue weighted by atomic mass is 19.2. The Kier molecular flexibility index (Phi) is 4.14. The number of carbonyl (C=O) groups excluding carboxylic acids is 1. The van der Waals surface area contributed by atoms with Crippen LogP contribution in [0.3, 0.4) is 0 Å². The van der Waals surface area contributed by atoms with Gasteiger partial charge in [0.1, 0.15) is 0 Å². The van der Waals surface area contributed by atoms with Crippen LogP contribution in [0.25, 0.3) is 11.5 Å². The highest BCUT2D eigenvalue weighted by molar-refractivity contribution is 5.90. The van der Waals surface area contributed by atoms with Gasteiger partial charge in [-0.1, -0.05) is 5.16 Å². The van der Waals surface area contributed by atoms with Crippen molar-refractivity contribution in [2.24, 2.45) is 0 Å². The molecule has 1 N–H and O–H groups in total. The Balaban J connectivity index is 1.98. The number of phenols is 1. The van der Waals surface area contributed by atoms with Crippen LogP contribution in [0.1, 0.15) is 16.2 Å². The van der Waals surface area contributed by atoms with Gasteiger partial charge >= 0.3 is 0 Å². The van der Waals surface area contributed by atoms with Crippen molar-refractivity contribution in [3.05, 3.63) is 28.8 Å². The van der Waals surface area contributed by atoms with Crippen LogP contribution in [-0.4, -0.2) is 52.4 Å². The number of aromatic nitrogens is 2. The monoisotopic (exact) mass is 343 g/mol. The average molecular weight is 343 g/mol. The summed E-state index contributed by atoms with van der Waals surface area (Å²) in [6, 6.07) is 0. The smallest absolute Gasteiger partial charge is 0.295 e. The van der Waals surface area contributed by atoms with E-state index >= 15 is 0 Å². The molecule has 1 amide bonds. The first-order valence-electron chi connectivity index (χ1n) is 6.99. The molecule has 0 saturated carbocycles. The maximum absolute atomic E-state index is 14.1. The molecule has 1 aromatic heterocycles. The summed E-state index contributed by atoms with van der Waals surface area (Å²) in [6.07, 6.45) is 0. The molecule has 0 bridgehead atoms. The fourth-order valence-electron chi connectivity index (χ4n) is 2.33. The van der Waals surface area contributed by atoms with Crippen LogP contribution < -0.4 is 0 Å². The second-order valence-electron chi connectivity index (χ2n) is 5.12. The predicted molar refractivity (Wildman–Crippen MR) is 72.7 cm³/mol. The summed E-state index contributed by atoms with van der Waals surface area (Å²) in [5.74, 6) is -7.53. The maximum atomic E-state index is 14.1. The van der Waals surface area contributed by atoms with Crippen LogP contribution in [-0.2, 0) is 4.74 Å². The van der Waals surface area contributed by atoms with E-state index in [0.29, 0.717) is 26.3 Å². The third-order valence-electron chi connectivity index (χ3n) is 3.66. The minimum Gasteiger partial charge on any atom is -0.503 e. The van der Waals surface area contributed by atoms with E-state index in [-0.39, 0.29) is 5.82 Å². The molecule has 1 aromatic carbocycles. The molecule has 0 radical (unpaired) electrons. The van der Waals surface area contributed by atoms with E-state index in [9.17, 15) is 23.1 Å². The highest BCUT2D eigenvalue weighted by Crippen LogP contribution is 2.35. The van der Waals surface area contributed by atoms with Crippen molar-refractivity contribution in [1.82, 2.24) is 15.0 Å². The van der Waals surface area contributed by atoms with Gasteiger partial charge in [0.05, 0.1) is 18.8 Å². The van der Waals surface area contributed by atoms with Gasteiger partial charge in [0, 0.05) is 18.7 Å². The summed E-state index contributed by atoms with van der Waals surface area (Å²) in [5, 5.41) is 12.8. The SMILES string of the molecule is Cc1c(F)c(F)c(O)c(F)c1-c1nc(C(=O)N2CCOCC2)no1. The summed E-state index contributed by atoms with van der Waals surface area (Å²) in [4.78, 5) is 17.4. The van der Waals surface area contributed by atoms with Crippen molar-refractivity contribution >= 4 is 5.91 Å². The molecule has 1 saturated heterocycles. The number of hydrogen-bond acceptors (Lipinski definition) is 6. The standard InChI is InChI=1S/C14H12F3N3O4/c1-6-7(9(16)11(21)10(17)8(6)15)13-18-12(19-24-13)14(22)20-2-4-23-5-3-20/h21H,2-5H2,1H3. The molecule has 7 nitrogen and oxygen atoms in total. The zero-order valence-corrected chi connectivity index (χ0v) is 12.5. The quantitative estimate of drug-likeness (QED) is 0.834. The summed E-state index contributed by atoms with van der Waals surface area (Å²) < 4.78 is 51.0. The summed E-state index contributed by atoms with van der Waals surface area (Å²) in [6.45, 7) is 2.48. The third-order valence-corrected chi connectivity index (χ3v) is 3.66. The highest BCUT2D eigenvalue weighted by Gasteiger charge is 2.29. The molecule has 1 fully saturated rings. The van der Waals surface area contributed by atoms with E-state index in [1.165, 1.54) is 4.90 Å². The second kappa shape index (κ2) is 6.11. The van der Waals surface area contributed by atoms with E-state index in [4.69, 9.17) is 9.26 Å². The van der Waals surface area contributed by atoms with Gasteiger partial charge in [-0.2, -0.15) is 9.37 Å². The number of amides is 1. The van der Waals surface area contributed by atoms with Crippen molar-refractivity contribution in [3.63, 3.8) is 0 Å². The Morgan fingerprint density at radius 1 is 1.17 bits per heavy atom. The number of benzene rings is 1. The van der Waals surface area contributed by atoms with Gasteiger partial charge in [0.15, 0.2) is 17.4 Å². The van der Waals surface area contributed by atoms with Gasteiger partial charge in [-0.3, -0.25) is 4.79 Å². The number of nitrogens with zero attached hydrogens (tertiary/aromatic N) is 3. The van der Waals surface area contributed by atoms with Gasteiger partial charge in [0.25, 0.3) is 17.6 Å². The van der Waals surface area contributed by atoms with Gasteiger partial charge in [-0.15, -0.1) is 0 Å². The number of hydrogen-bond donors (Lipinski definition) is 1. The van der Waals surface area contributed by atoms with Crippen LogP contribution in [0.5, 0.6) is 5.75 Å². The Labute approximate surface area is 133 Å². The molecular formula is C14H12F3N3O4.